The van der Waals surface area contributed by atoms with E-state index in [1.54, 1.807) is 12.1 Å². The second-order valence-corrected chi connectivity index (χ2v) is 3.84. The van der Waals surface area contributed by atoms with Crippen LogP contribution in [0.15, 0.2) is 22.7 Å². The molecule has 0 aliphatic heterocycles. The summed E-state index contributed by atoms with van der Waals surface area (Å²) >= 11 is 0. The smallest absolute Gasteiger partial charge is 0.258 e. The van der Waals surface area contributed by atoms with E-state index in [9.17, 15) is 5.11 Å². The zero-order chi connectivity index (χ0) is 13.0. The standard InChI is InChI=1S/C12H15N3O3/c1-2-5-17-7-11-14-12(18-15-11)8-3-4-10(16)9(13)6-8/h3-4,6,16H,2,5,7,13H2,1H3. The summed E-state index contributed by atoms with van der Waals surface area (Å²) in [7, 11) is 0. The van der Waals surface area contributed by atoms with Crippen LogP contribution in [0.2, 0.25) is 0 Å². The predicted molar refractivity (Wildman–Crippen MR) is 65.8 cm³/mol. The van der Waals surface area contributed by atoms with Crippen molar-refractivity contribution in [3.05, 3.63) is 24.0 Å². The van der Waals surface area contributed by atoms with E-state index < -0.39 is 0 Å². The van der Waals surface area contributed by atoms with Gasteiger partial charge in [-0.3, -0.25) is 0 Å². The molecule has 0 saturated carbocycles. The van der Waals surface area contributed by atoms with Crippen LogP contribution in [-0.4, -0.2) is 21.9 Å². The fourth-order valence-corrected chi connectivity index (χ4v) is 1.43. The van der Waals surface area contributed by atoms with Crippen LogP contribution in [0, 0.1) is 0 Å². The molecule has 0 radical (unpaired) electrons. The average molecular weight is 249 g/mol. The molecule has 1 aromatic heterocycles. The molecule has 0 bridgehead atoms. The third kappa shape index (κ3) is 2.78. The number of hydrogen-bond acceptors (Lipinski definition) is 6. The Bertz CT molecular complexity index is 525. The number of phenolic OH excluding ortho intramolecular Hbond substituents is 1. The topological polar surface area (TPSA) is 94.4 Å². The summed E-state index contributed by atoms with van der Waals surface area (Å²) in [5, 5.41) is 13.1. The van der Waals surface area contributed by atoms with Gasteiger partial charge in [-0.05, 0) is 24.6 Å². The lowest BCUT2D eigenvalue weighted by atomic mass is 10.2. The Morgan fingerprint density at radius 2 is 2.28 bits per heavy atom. The number of phenols is 1. The largest absolute Gasteiger partial charge is 0.506 e. The zero-order valence-electron chi connectivity index (χ0n) is 10.1. The van der Waals surface area contributed by atoms with Gasteiger partial charge in [-0.2, -0.15) is 4.98 Å². The quantitative estimate of drug-likeness (QED) is 0.478. The van der Waals surface area contributed by atoms with E-state index in [0.717, 1.165) is 6.42 Å². The first kappa shape index (κ1) is 12.4. The number of nitrogens with zero attached hydrogens (tertiary/aromatic N) is 2. The number of nitrogen functional groups attached to an aromatic ring is 1. The maximum atomic E-state index is 9.33. The average Bonchev–Trinajstić information content (AvgIpc) is 2.82. The third-order valence-corrected chi connectivity index (χ3v) is 2.32. The number of ether oxygens (including phenoxy) is 1. The molecule has 0 aliphatic carbocycles. The Morgan fingerprint density at radius 1 is 1.44 bits per heavy atom. The molecule has 18 heavy (non-hydrogen) atoms. The van der Waals surface area contributed by atoms with Crippen LogP contribution in [0.25, 0.3) is 11.5 Å². The van der Waals surface area contributed by atoms with Gasteiger partial charge in [0.05, 0.1) is 5.69 Å². The summed E-state index contributed by atoms with van der Waals surface area (Å²) in [6.07, 6.45) is 0.944. The van der Waals surface area contributed by atoms with Crippen LogP contribution in [0.4, 0.5) is 5.69 Å². The maximum Gasteiger partial charge on any atom is 0.258 e. The summed E-state index contributed by atoms with van der Waals surface area (Å²) in [5.74, 6) is 0.881. The molecule has 0 aliphatic rings. The number of rotatable bonds is 5. The van der Waals surface area contributed by atoms with Gasteiger partial charge in [-0.1, -0.05) is 12.1 Å². The molecule has 0 unspecified atom stereocenters. The zero-order valence-corrected chi connectivity index (χ0v) is 10.1. The Morgan fingerprint density at radius 3 is 3.00 bits per heavy atom. The van der Waals surface area contributed by atoms with E-state index in [1.807, 2.05) is 6.92 Å². The Hall–Kier alpha value is -2.08. The first-order valence-corrected chi connectivity index (χ1v) is 5.70. The minimum Gasteiger partial charge on any atom is -0.506 e. The van der Waals surface area contributed by atoms with Crippen LogP contribution in [0.5, 0.6) is 5.75 Å². The summed E-state index contributed by atoms with van der Waals surface area (Å²) in [4.78, 5) is 4.18. The Kier molecular flexibility index (Phi) is 3.78. The molecule has 2 aromatic rings. The van der Waals surface area contributed by atoms with Gasteiger partial charge in [0.1, 0.15) is 12.4 Å². The fourth-order valence-electron chi connectivity index (χ4n) is 1.43. The number of aromatic nitrogens is 2. The van der Waals surface area contributed by atoms with Gasteiger partial charge in [0, 0.05) is 12.2 Å². The van der Waals surface area contributed by atoms with Crippen molar-refractivity contribution in [2.75, 3.05) is 12.3 Å². The van der Waals surface area contributed by atoms with Crippen molar-refractivity contribution in [2.45, 2.75) is 20.0 Å². The molecule has 0 saturated heterocycles. The van der Waals surface area contributed by atoms with Crippen molar-refractivity contribution in [1.82, 2.24) is 10.1 Å². The Labute approximate surface area is 104 Å². The number of aromatic hydroxyl groups is 1. The molecular weight excluding hydrogens is 234 g/mol. The van der Waals surface area contributed by atoms with Crippen molar-refractivity contribution in [2.24, 2.45) is 0 Å². The minimum atomic E-state index is 0.0322. The molecule has 0 amide bonds. The van der Waals surface area contributed by atoms with Crippen molar-refractivity contribution in [3.63, 3.8) is 0 Å². The van der Waals surface area contributed by atoms with Crippen molar-refractivity contribution >= 4 is 5.69 Å². The van der Waals surface area contributed by atoms with Gasteiger partial charge in [0.25, 0.3) is 5.89 Å². The number of hydrogen-bond donors (Lipinski definition) is 2. The second-order valence-electron chi connectivity index (χ2n) is 3.84. The van der Waals surface area contributed by atoms with Gasteiger partial charge >= 0.3 is 0 Å². The third-order valence-electron chi connectivity index (χ3n) is 2.32. The molecule has 6 nitrogen and oxygen atoms in total. The summed E-state index contributed by atoms with van der Waals surface area (Å²) in [6, 6.07) is 4.73. The first-order chi connectivity index (χ1) is 8.70. The van der Waals surface area contributed by atoms with E-state index in [4.69, 9.17) is 15.0 Å². The highest BCUT2D eigenvalue weighted by Gasteiger charge is 2.10. The highest BCUT2D eigenvalue weighted by Crippen LogP contribution is 2.26. The van der Waals surface area contributed by atoms with Gasteiger partial charge in [0.15, 0.2) is 5.82 Å². The molecule has 0 fully saturated rings. The van der Waals surface area contributed by atoms with Crippen LogP contribution in [0.3, 0.4) is 0 Å². The normalized spacial score (nSPS) is 10.7. The molecule has 6 heteroatoms. The van der Waals surface area contributed by atoms with Crippen molar-refractivity contribution in [1.29, 1.82) is 0 Å². The van der Waals surface area contributed by atoms with Gasteiger partial charge in [0.2, 0.25) is 0 Å². The lowest BCUT2D eigenvalue weighted by molar-refractivity contribution is 0.114. The van der Waals surface area contributed by atoms with Crippen LogP contribution < -0.4 is 5.73 Å². The highest BCUT2D eigenvalue weighted by molar-refractivity contribution is 5.64. The first-order valence-electron chi connectivity index (χ1n) is 5.70. The van der Waals surface area contributed by atoms with E-state index >= 15 is 0 Å². The van der Waals surface area contributed by atoms with Crippen LogP contribution in [-0.2, 0) is 11.3 Å². The lowest BCUT2D eigenvalue weighted by Gasteiger charge is -1.99. The van der Waals surface area contributed by atoms with E-state index in [-0.39, 0.29) is 11.4 Å². The molecule has 1 aromatic carbocycles. The van der Waals surface area contributed by atoms with Gasteiger partial charge < -0.3 is 20.1 Å². The number of benzene rings is 1. The Balaban J connectivity index is 2.11. The summed E-state index contributed by atoms with van der Waals surface area (Å²) < 4.78 is 10.4. The van der Waals surface area contributed by atoms with Crippen molar-refractivity contribution in [3.8, 4) is 17.2 Å². The van der Waals surface area contributed by atoms with Gasteiger partial charge in [-0.25, -0.2) is 0 Å². The number of anilines is 1. The van der Waals surface area contributed by atoms with E-state index in [1.165, 1.54) is 6.07 Å². The highest BCUT2D eigenvalue weighted by atomic mass is 16.5. The SMILES string of the molecule is CCCOCc1noc(-c2ccc(O)c(N)c2)n1. The number of nitrogens with two attached hydrogens (primary N) is 1. The molecule has 3 N–H and O–H groups in total. The van der Waals surface area contributed by atoms with E-state index in [2.05, 4.69) is 10.1 Å². The fraction of sp³-hybridized carbons (Fsp3) is 0.333. The molecule has 0 atom stereocenters. The molecule has 1 heterocycles. The minimum absolute atomic E-state index is 0.0322. The molecule has 96 valence electrons. The van der Waals surface area contributed by atoms with E-state index in [0.29, 0.717) is 30.5 Å². The second kappa shape index (κ2) is 5.50. The monoisotopic (exact) mass is 249 g/mol. The molecule has 0 spiro atoms. The summed E-state index contributed by atoms with van der Waals surface area (Å²) in [6.45, 7) is 3.02. The maximum absolute atomic E-state index is 9.33. The molecule has 2 rings (SSSR count). The van der Waals surface area contributed by atoms with Gasteiger partial charge in [-0.15, -0.1) is 0 Å². The predicted octanol–water partition coefficient (Wildman–Crippen LogP) is 1.95. The lowest BCUT2D eigenvalue weighted by Crippen LogP contribution is -1.95. The van der Waals surface area contributed by atoms with Crippen LogP contribution >= 0.6 is 0 Å². The van der Waals surface area contributed by atoms with Crippen LogP contribution in [0.1, 0.15) is 19.2 Å². The molecular formula is C12H15N3O3. The van der Waals surface area contributed by atoms with Crippen molar-refractivity contribution < 1.29 is 14.4 Å². The summed E-state index contributed by atoms with van der Waals surface area (Å²) in [5.41, 5.74) is 6.54.